The van der Waals surface area contributed by atoms with Crippen LogP contribution in [0.5, 0.6) is 0 Å². The molecule has 4 rings (SSSR count). The van der Waals surface area contributed by atoms with Crippen LogP contribution in [-0.4, -0.2) is 77.6 Å². The number of likely N-dealkylation sites (N-methyl/N-ethyl adjacent to an activating group) is 1. The number of nitrogens with one attached hydrogen (secondary N) is 1. The Balaban J connectivity index is 1.51. The lowest BCUT2D eigenvalue weighted by molar-refractivity contribution is -0.131. The molecule has 7 heteroatoms. The molecular formula is C23H35N5O2. The van der Waals surface area contributed by atoms with Gasteiger partial charge in [-0.2, -0.15) is 0 Å². The molecule has 0 saturated carbocycles. The number of rotatable bonds is 5. The molecule has 0 bridgehead atoms. The monoisotopic (exact) mass is 413 g/mol. The number of carbonyl (C=O) groups is 1. The Hall–Kier alpha value is -1.96. The summed E-state index contributed by atoms with van der Waals surface area (Å²) in [6, 6.07) is 3.97. The molecule has 30 heavy (non-hydrogen) atoms. The van der Waals surface area contributed by atoms with Crippen molar-refractivity contribution in [3.63, 3.8) is 0 Å². The summed E-state index contributed by atoms with van der Waals surface area (Å²) in [5.74, 6) is 1.56. The van der Waals surface area contributed by atoms with Crippen LogP contribution in [0, 0.1) is 12.8 Å². The van der Waals surface area contributed by atoms with Gasteiger partial charge < -0.3 is 19.4 Å². The molecule has 2 saturated heterocycles. The van der Waals surface area contributed by atoms with Crippen molar-refractivity contribution in [3.8, 4) is 0 Å². The number of piperazine rings is 1. The third kappa shape index (κ3) is 4.38. The van der Waals surface area contributed by atoms with Crippen molar-refractivity contribution < 1.29 is 9.53 Å². The second kappa shape index (κ2) is 8.65. The van der Waals surface area contributed by atoms with Gasteiger partial charge in [0.2, 0.25) is 5.91 Å². The summed E-state index contributed by atoms with van der Waals surface area (Å²) in [7, 11) is 2.10. The van der Waals surface area contributed by atoms with Crippen molar-refractivity contribution in [1.82, 2.24) is 24.5 Å². The van der Waals surface area contributed by atoms with E-state index < -0.39 is 5.54 Å². The van der Waals surface area contributed by atoms with E-state index in [0.717, 1.165) is 63.6 Å². The van der Waals surface area contributed by atoms with Crippen LogP contribution in [0.2, 0.25) is 0 Å². The molecular weight excluding hydrogens is 378 g/mol. The number of aromatic nitrogens is 2. The summed E-state index contributed by atoms with van der Waals surface area (Å²) in [6.45, 7) is 11.5. The first-order chi connectivity index (χ1) is 14.3. The van der Waals surface area contributed by atoms with Gasteiger partial charge in [-0.25, -0.2) is 4.98 Å². The molecule has 0 aromatic carbocycles. The van der Waals surface area contributed by atoms with Crippen LogP contribution in [-0.2, 0) is 15.1 Å². The average molecular weight is 414 g/mol. The van der Waals surface area contributed by atoms with E-state index in [-0.39, 0.29) is 11.9 Å². The molecule has 1 N–H and O–H groups in total. The molecule has 2 aliphatic rings. The number of amides is 1. The number of nitrogens with zero attached hydrogens (tertiary/aromatic N) is 4. The number of ether oxygens (including phenoxy) is 1. The highest BCUT2D eigenvalue weighted by Gasteiger charge is 2.36. The normalized spacial score (nSPS) is 22.5. The van der Waals surface area contributed by atoms with Crippen LogP contribution in [0.25, 0.3) is 5.52 Å². The first-order valence-electron chi connectivity index (χ1n) is 11.1. The summed E-state index contributed by atoms with van der Waals surface area (Å²) in [4.78, 5) is 22.8. The van der Waals surface area contributed by atoms with Gasteiger partial charge in [-0.3, -0.25) is 9.69 Å². The number of hydrogen-bond donors (Lipinski definition) is 1. The number of aryl methyl sites for hydroxylation is 1. The van der Waals surface area contributed by atoms with Crippen molar-refractivity contribution >= 4 is 11.4 Å². The van der Waals surface area contributed by atoms with E-state index in [1.807, 2.05) is 32.3 Å². The maximum absolute atomic E-state index is 13.5. The van der Waals surface area contributed by atoms with Crippen molar-refractivity contribution in [2.75, 3.05) is 46.4 Å². The van der Waals surface area contributed by atoms with E-state index in [1.165, 1.54) is 5.56 Å². The number of pyridine rings is 1. The standard InChI is InChI=1S/C23H35N5O2/c1-17-6-5-9-28-19(17)14-24-22(28)23(2,3)25-21(29)20-16-26(4)10-11-27(20)15-18-7-12-30-13-8-18/h5-6,9,14,18,20H,7-8,10-13,15-16H2,1-4H3,(H,25,29)/t20-/m0/s1. The summed E-state index contributed by atoms with van der Waals surface area (Å²) in [6.07, 6.45) is 6.09. The zero-order valence-corrected chi connectivity index (χ0v) is 18.7. The third-order valence-electron chi connectivity index (χ3n) is 6.61. The zero-order valence-electron chi connectivity index (χ0n) is 18.7. The Morgan fingerprint density at radius 2 is 2.07 bits per heavy atom. The molecule has 164 valence electrons. The second-order valence-corrected chi connectivity index (χ2v) is 9.47. The van der Waals surface area contributed by atoms with Crippen LogP contribution >= 0.6 is 0 Å². The van der Waals surface area contributed by atoms with E-state index in [0.29, 0.717) is 5.92 Å². The Kier molecular flexibility index (Phi) is 6.14. The second-order valence-electron chi connectivity index (χ2n) is 9.47. The summed E-state index contributed by atoms with van der Waals surface area (Å²) in [5.41, 5.74) is 1.68. The van der Waals surface area contributed by atoms with E-state index in [1.54, 1.807) is 0 Å². The first-order valence-corrected chi connectivity index (χ1v) is 11.1. The lowest BCUT2D eigenvalue weighted by Crippen LogP contribution is -2.61. The van der Waals surface area contributed by atoms with Crippen LogP contribution in [0.4, 0.5) is 0 Å². The lowest BCUT2D eigenvalue weighted by Gasteiger charge is -2.42. The van der Waals surface area contributed by atoms with Gasteiger partial charge in [0, 0.05) is 45.6 Å². The fourth-order valence-electron chi connectivity index (χ4n) is 4.76. The smallest absolute Gasteiger partial charge is 0.239 e. The minimum Gasteiger partial charge on any atom is -0.381 e. The molecule has 2 aromatic rings. The summed E-state index contributed by atoms with van der Waals surface area (Å²) >= 11 is 0. The van der Waals surface area contributed by atoms with Gasteiger partial charge in [-0.15, -0.1) is 0 Å². The molecule has 1 atom stereocenters. The highest BCUT2D eigenvalue weighted by Crippen LogP contribution is 2.24. The molecule has 4 heterocycles. The number of fused-ring (bicyclic) bond motifs is 1. The molecule has 0 unspecified atom stereocenters. The van der Waals surface area contributed by atoms with Gasteiger partial charge >= 0.3 is 0 Å². The predicted octanol–water partition coefficient (Wildman–Crippen LogP) is 2.04. The van der Waals surface area contributed by atoms with Crippen molar-refractivity contribution in [3.05, 3.63) is 35.9 Å². The Morgan fingerprint density at radius 3 is 2.83 bits per heavy atom. The predicted molar refractivity (Wildman–Crippen MR) is 117 cm³/mol. The van der Waals surface area contributed by atoms with Gasteiger partial charge in [0.1, 0.15) is 11.9 Å². The molecule has 0 spiro atoms. The van der Waals surface area contributed by atoms with E-state index in [4.69, 9.17) is 4.74 Å². The number of hydrogen-bond acceptors (Lipinski definition) is 5. The van der Waals surface area contributed by atoms with Crippen LogP contribution in [0.1, 0.15) is 38.1 Å². The van der Waals surface area contributed by atoms with Crippen molar-refractivity contribution in [1.29, 1.82) is 0 Å². The molecule has 2 aliphatic heterocycles. The minimum absolute atomic E-state index is 0.0861. The van der Waals surface area contributed by atoms with E-state index in [9.17, 15) is 4.79 Å². The van der Waals surface area contributed by atoms with Gasteiger partial charge in [-0.05, 0) is 58.2 Å². The molecule has 0 radical (unpaired) electrons. The lowest BCUT2D eigenvalue weighted by atomic mass is 9.97. The maximum atomic E-state index is 13.5. The number of imidazole rings is 1. The fourth-order valence-corrected chi connectivity index (χ4v) is 4.76. The average Bonchev–Trinajstić information content (AvgIpc) is 3.16. The zero-order chi connectivity index (χ0) is 21.3. The first kappa shape index (κ1) is 21.3. The van der Waals surface area contributed by atoms with Crippen LogP contribution in [0.15, 0.2) is 24.5 Å². The molecule has 0 aliphatic carbocycles. The van der Waals surface area contributed by atoms with Crippen molar-refractivity contribution in [2.24, 2.45) is 5.92 Å². The number of carbonyl (C=O) groups excluding carboxylic acids is 1. The molecule has 2 fully saturated rings. The quantitative estimate of drug-likeness (QED) is 0.813. The van der Waals surface area contributed by atoms with Crippen LogP contribution in [0.3, 0.4) is 0 Å². The maximum Gasteiger partial charge on any atom is 0.239 e. The summed E-state index contributed by atoms with van der Waals surface area (Å²) < 4.78 is 7.60. The van der Waals surface area contributed by atoms with Gasteiger partial charge in [0.15, 0.2) is 0 Å². The SMILES string of the molecule is Cc1cccn2c(C(C)(C)NC(=O)[C@@H]3CN(C)CCN3CC3CCOCC3)ncc12. The van der Waals surface area contributed by atoms with Gasteiger partial charge in [-0.1, -0.05) is 6.07 Å². The topological polar surface area (TPSA) is 62.1 Å². The Bertz CT molecular complexity index is 887. The highest BCUT2D eigenvalue weighted by molar-refractivity contribution is 5.83. The Morgan fingerprint density at radius 1 is 1.30 bits per heavy atom. The largest absolute Gasteiger partial charge is 0.381 e. The third-order valence-corrected chi connectivity index (χ3v) is 6.61. The van der Waals surface area contributed by atoms with Crippen molar-refractivity contribution in [2.45, 2.75) is 45.2 Å². The van der Waals surface area contributed by atoms with E-state index >= 15 is 0 Å². The Labute approximate surface area is 179 Å². The molecule has 2 aromatic heterocycles. The fraction of sp³-hybridized carbons (Fsp3) is 0.652. The van der Waals surface area contributed by atoms with Crippen LogP contribution < -0.4 is 5.32 Å². The van der Waals surface area contributed by atoms with Gasteiger partial charge in [0.05, 0.1) is 17.3 Å². The molecule has 7 nitrogen and oxygen atoms in total. The minimum atomic E-state index is -0.572. The molecule has 1 amide bonds. The van der Waals surface area contributed by atoms with Gasteiger partial charge in [0.25, 0.3) is 0 Å². The highest BCUT2D eigenvalue weighted by atomic mass is 16.5. The summed E-state index contributed by atoms with van der Waals surface area (Å²) in [5, 5.41) is 3.31. The van der Waals surface area contributed by atoms with E-state index in [2.05, 4.69) is 44.5 Å².